The van der Waals surface area contributed by atoms with E-state index in [-0.39, 0.29) is 5.56 Å². The van der Waals surface area contributed by atoms with Crippen LogP contribution >= 0.6 is 34.2 Å². The van der Waals surface area contributed by atoms with Gasteiger partial charge in [-0.3, -0.25) is 4.79 Å². The van der Waals surface area contributed by atoms with Gasteiger partial charge in [0.15, 0.2) is 0 Å². The third-order valence-electron chi connectivity index (χ3n) is 2.98. The molecule has 1 saturated carbocycles. The molecule has 6 heteroatoms. The SMILES string of the molecule is O=c1[nH]cnc(NC2CCCC2CCl)c1I. The highest BCUT2D eigenvalue weighted by Gasteiger charge is 2.27. The number of aromatic nitrogens is 2. The second-order valence-electron chi connectivity index (χ2n) is 3.99. The van der Waals surface area contributed by atoms with Crippen LogP contribution in [0.15, 0.2) is 11.1 Å². The molecule has 1 aromatic rings. The van der Waals surface area contributed by atoms with Gasteiger partial charge in [-0.1, -0.05) is 6.42 Å². The lowest BCUT2D eigenvalue weighted by Gasteiger charge is -2.19. The number of aromatic amines is 1. The average molecular weight is 354 g/mol. The van der Waals surface area contributed by atoms with Gasteiger partial charge in [-0.15, -0.1) is 11.6 Å². The number of nitrogens with zero attached hydrogens (tertiary/aromatic N) is 1. The van der Waals surface area contributed by atoms with Crippen LogP contribution < -0.4 is 10.9 Å². The number of alkyl halides is 1. The van der Waals surface area contributed by atoms with E-state index in [0.29, 0.717) is 27.2 Å². The lowest BCUT2D eigenvalue weighted by molar-refractivity contribution is 0.560. The molecule has 0 saturated heterocycles. The molecule has 1 aromatic heterocycles. The molecule has 1 aliphatic rings. The van der Waals surface area contributed by atoms with Gasteiger partial charge in [0.05, 0.1) is 6.33 Å². The predicted molar refractivity (Wildman–Crippen MR) is 73.0 cm³/mol. The number of rotatable bonds is 3. The molecule has 0 bridgehead atoms. The first kappa shape index (κ1) is 12.2. The molecule has 0 aromatic carbocycles. The largest absolute Gasteiger partial charge is 0.366 e. The van der Waals surface area contributed by atoms with Crippen molar-refractivity contribution in [3.05, 3.63) is 20.3 Å². The van der Waals surface area contributed by atoms with Gasteiger partial charge < -0.3 is 10.3 Å². The topological polar surface area (TPSA) is 57.8 Å². The summed E-state index contributed by atoms with van der Waals surface area (Å²) in [5.41, 5.74) is -0.0986. The molecule has 1 fully saturated rings. The van der Waals surface area contributed by atoms with Crippen molar-refractivity contribution in [2.45, 2.75) is 25.3 Å². The molecule has 0 aliphatic heterocycles. The number of hydrogen-bond donors (Lipinski definition) is 2. The maximum atomic E-state index is 11.4. The minimum atomic E-state index is -0.0986. The summed E-state index contributed by atoms with van der Waals surface area (Å²) in [4.78, 5) is 18.1. The summed E-state index contributed by atoms with van der Waals surface area (Å²) in [6, 6.07) is 0.348. The summed E-state index contributed by atoms with van der Waals surface area (Å²) < 4.78 is 0.611. The minimum Gasteiger partial charge on any atom is -0.366 e. The first-order valence-corrected chi connectivity index (χ1v) is 6.89. The maximum Gasteiger partial charge on any atom is 0.266 e. The molecular formula is C10H13ClIN3O. The van der Waals surface area contributed by atoms with Gasteiger partial charge in [-0.25, -0.2) is 4.98 Å². The highest BCUT2D eigenvalue weighted by atomic mass is 127. The smallest absolute Gasteiger partial charge is 0.266 e. The molecule has 0 amide bonds. The summed E-state index contributed by atoms with van der Waals surface area (Å²) in [5, 5.41) is 3.33. The van der Waals surface area contributed by atoms with Crippen LogP contribution in [-0.2, 0) is 0 Å². The molecule has 0 radical (unpaired) electrons. The fourth-order valence-electron chi connectivity index (χ4n) is 2.07. The van der Waals surface area contributed by atoms with Crippen LogP contribution in [-0.4, -0.2) is 21.9 Å². The van der Waals surface area contributed by atoms with Gasteiger partial charge in [0, 0.05) is 11.9 Å². The quantitative estimate of drug-likeness (QED) is 0.647. The van der Waals surface area contributed by atoms with Crippen LogP contribution in [0.1, 0.15) is 19.3 Å². The molecule has 0 spiro atoms. The zero-order valence-corrected chi connectivity index (χ0v) is 11.6. The Hall–Kier alpha value is -0.300. The van der Waals surface area contributed by atoms with Gasteiger partial charge in [0.1, 0.15) is 9.39 Å². The lowest BCUT2D eigenvalue weighted by Crippen LogP contribution is -2.27. The van der Waals surface area contributed by atoms with Gasteiger partial charge in [0.25, 0.3) is 5.56 Å². The predicted octanol–water partition coefficient (Wildman–Crippen LogP) is 2.19. The Bertz CT molecular complexity index is 423. The van der Waals surface area contributed by atoms with Crippen LogP contribution in [0.2, 0.25) is 0 Å². The van der Waals surface area contributed by atoms with E-state index in [1.165, 1.54) is 12.7 Å². The van der Waals surface area contributed by atoms with Gasteiger partial charge in [0.2, 0.25) is 0 Å². The molecule has 1 heterocycles. The zero-order chi connectivity index (χ0) is 11.5. The van der Waals surface area contributed by atoms with Crippen molar-refractivity contribution in [1.29, 1.82) is 0 Å². The zero-order valence-electron chi connectivity index (χ0n) is 8.67. The third-order valence-corrected chi connectivity index (χ3v) is 4.37. The van der Waals surface area contributed by atoms with Crippen molar-refractivity contribution in [3.8, 4) is 0 Å². The van der Waals surface area contributed by atoms with E-state index in [1.54, 1.807) is 0 Å². The molecular weight excluding hydrogens is 340 g/mol. The monoisotopic (exact) mass is 353 g/mol. The first-order valence-electron chi connectivity index (χ1n) is 5.28. The number of anilines is 1. The standard InChI is InChI=1S/C10H13ClIN3O/c11-4-6-2-1-3-7(6)15-9-8(12)10(16)14-5-13-9/h5-7H,1-4H2,(H2,13,14,15,16). The Morgan fingerprint density at radius 3 is 3.19 bits per heavy atom. The second-order valence-corrected chi connectivity index (χ2v) is 5.38. The first-order chi connectivity index (χ1) is 7.72. The molecule has 2 N–H and O–H groups in total. The van der Waals surface area contributed by atoms with Crippen molar-refractivity contribution in [2.24, 2.45) is 5.92 Å². The fraction of sp³-hybridized carbons (Fsp3) is 0.600. The Balaban J connectivity index is 2.14. The molecule has 4 nitrogen and oxygen atoms in total. The van der Waals surface area contributed by atoms with Gasteiger partial charge in [-0.05, 0) is 41.4 Å². The average Bonchev–Trinajstić information content (AvgIpc) is 2.72. The van der Waals surface area contributed by atoms with Crippen molar-refractivity contribution >= 4 is 40.0 Å². The summed E-state index contributed by atoms with van der Waals surface area (Å²) in [6.45, 7) is 0. The third kappa shape index (κ3) is 2.51. The minimum absolute atomic E-state index is 0.0986. The van der Waals surface area contributed by atoms with E-state index in [2.05, 4.69) is 15.3 Å². The van der Waals surface area contributed by atoms with Crippen LogP contribution in [0.5, 0.6) is 0 Å². The summed E-state index contributed by atoms with van der Waals surface area (Å²) >= 11 is 7.92. The highest BCUT2D eigenvalue weighted by molar-refractivity contribution is 14.1. The van der Waals surface area contributed by atoms with E-state index in [1.807, 2.05) is 22.6 Å². The highest BCUT2D eigenvalue weighted by Crippen LogP contribution is 2.29. The molecule has 16 heavy (non-hydrogen) atoms. The van der Waals surface area contributed by atoms with Crippen LogP contribution in [0.25, 0.3) is 0 Å². The van der Waals surface area contributed by atoms with E-state index in [9.17, 15) is 4.79 Å². The second kappa shape index (κ2) is 5.35. The van der Waals surface area contributed by atoms with Crippen LogP contribution in [0.3, 0.4) is 0 Å². The fourth-order valence-corrected chi connectivity index (χ4v) is 2.89. The Morgan fingerprint density at radius 2 is 2.44 bits per heavy atom. The van der Waals surface area contributed by atoms with Gasteiger partial charge >= 0.3 is 0 Å². The lowest BCUT2D eigenvalue weighted by atomic mass is 10.1. The van der Waals surface area contributed by atoms with Crippen molar-refractivity contribution in [1.82, 2.24) is 9.97 Å². The van der Waals surface area contributed by atoms with Crippen molar-refractivity contribution in [2.75, 3.05) is 11.2 Å². The Labute approximate surface area is 112 Å². The van der Waals surface area contributed by atoms with Crippen LogP contribution in [0.4, 0.5) is 5.82 Å². The van der Waals surface area contributed by atoms with Crippen molar-refractivity contribution in [3.63, 3.8) is 0 Å². The van der Waals surface area contributed by atoms with Crippen molar-refractivity contribution < 1.29 is 0 Å². The van der Waals surface area contributed by atoms with Crippen LogP contribution in [0, 0.1) is 9.49 Å². The molecule has 1 aliphatic carbocycles. The summed E-state index contributed by atoms with van der Waals surface area (Å²) in [5.74, 6) is 1.82. The Morgan fingerprint density at radius 1 is 1.62 bits per heavy atom. The molecule has 88 valence electrons. The molecule has 2 rings (SSSR count). The van der Waals surface area contributed by atoms with E-state index >= 15 is 0 Å². The number of hydrogen-bond acceptors (Lipinski definition) is 3. The summed E-state index contributed by atoms with van der Waals surface area (Å²) in [6.07, 6.45) is 4.87. The van der Waals surface area contributed by atoms with E-state index in [4.69, 9.17) is 11.6 Å². The summed E-state index contributed by atoms with van der Waals surface area (Å²) in [7, 11) is 0. The normalized spacial score (nSPS) is 24.6. The van der Waals surface area contributed by atoms with E-state index < -0.39 is 0 Å². The number of H-pyrrole nitrogens is 1. The van der Waals surface area contributed by atoms with Gasteiger partial charge in [-0.2, -0.15) is 0 Å². The number of nitrogens with one attached hydrogen (secondary N) is 2. The maximum absolute atomic E-state index is 11.4. The molecule has 2 unspecified atom stereocenters. The Kier molecular flexibility index (Phi) is 4.07. The van der Waals surface area contributed by atoms with E-state index in [0.717, 1.165) is 12.8 Å². The number of halogens is 2. The molecule has 2 atom stereocenters.